The number of rotatable bonds is 4. The van der Waals surface area contributed by atoms with Crippen LogP contribution in [0, 0.1) is 0 Å². The van der Waals surface area contributed by atoms with E-state index >= 15 is 0 Å². The van der Waals surface area contributed by atoms with E-state index < -0.39 is 0 Å². The standard InChI is InChI=1S/C16H25N3O3/c20-8-10-21-15-12-17-11-14(18-15)19-7-9-22-16(13-19)5-3-1-2-4-6-16/h11-12,20H,1-10,13H2. The van der Waals surface area contributed by atoms with Gasteiger partial charge in [-0.05, 0) is 12.8 Å². The van der Waals surface area contributed by atoms with Crippen molar-refractivity contribution in [1.29, 1.82) is 0 Å². The molecule has 1 aliphatic carbocycles. The van der Waals surface area contributed by atoms with E-state index in [2.05, 4.69) is 14.9 Å². The summed E-state index contributed by atoms with van der Waals surface area (Å²) >= 11 is 0. The average molecular weight is 307 g/mol. The lowest BCUT2D eigenvalue weighted by Crippen LogP contribution is -2.52. The van der Waals surface area contributed by atoms with Crippen LogP contribution in [0.4, 0.5) is 5.82 Å². The first kappa shape index (κ1) is 15.5. The molecule has 1 N–H and O–H groups in total. The van der Waals surface area contributed by atoms with Crippen molar-refractivity contribution in [3.63, 3.8) is 0 Å². The number of morpholine rings is 1. The second kappa shape index (κ2) is 7.24. The Labute approximate surface area is 131 Å². The maximum Gasteiger partial charge on any atom is 0.234 e. The number of anilines is 1. The summed E-state index contributed by atoms with van der Waals surface area (Å²) in [5.41, 5.74) is -0.0155. The Morgan fingerprint density at radius 1 is 1.23 bits per heavy atom. The van der Waals surface area contributed by atoms with Crippen LogP contribution in [-0.4, -0.2) is 53.6 Å². The Bertz CT molecular complexity index is 475. The lowest BCUT2D eigenvalue weighted by molar-refractivity contribution is -0.0654. The van der Waals surface area contributed by atoms with Crippen LogP contribution in [0.5, 0.6) is 5.88 Å². The third-order valence-electron chi connectivity index (χ3n) is 4.53. The normalized spacial score (nSPS) is 21.6. The van der Waals surface area contributed by atoms with Gasteiger partial charge >= 0.3 is 0 Å². The van der Waals surface area contributed by atoms with Gasteiger partial charge in [-0.25, -0.2) is 0 Å². The molecule has 1 aromatic rings. The molecular formula is C16H25N3O3. The van der Waals surface area contributed by atoms with Crippen LogP contribution in [0.1, 0.15) is 38.5 Å². The summed E-state index contributed by atoms with van der Waals surface area (Å²) in [6.45, 7) is 2.67. The Hall–Kier alpha value is -1.40. The van der Waals surface area contributed by atoms with E-state index in [9.17, 15) is 0 Å². The van der Waals surface area contributed by atoms with Crippen LogP contribution < -0.4 is 9.64 Å². The predicted octanol–water partition coefficient (Wildman–Crippen LogP) is 1.78. The lowest BCUT2D eigenvalue weighted by Gasteiger charge is -2.43. The molecule has 2 heterocycles. The molecule has 2 aliphatic rings. The quantitative estimate of drug-likeness (QED) is 0.914. The zero-order valence-corrected chi connectivity index (χ0v) is 13.0. The maximum absolute atomic E-state index is 8.84. The van der Waals surface area contributed by atoms with Crippen LogP contribution in [0.25, 0.3) is 0 Å². The Morgan fingerprint density at radius 3 is 2.82 bits per heavy atom. The summed E-state index contributed by atoms with van der Waals surface area (Å²) in [5, 5.41) is 8.84. The molecule has 22 heavy (non-hydrogen) atoms. The highest BCUT2D eigenvalue weighted by atomic mass is 16.5. The second-order valence-electron chi connectivity index (χ2n) is 6.15. The molecule has 0 unspecified atom stereocenters. The third-order valence-corrected chi connectivity index (χ3v) is 4.53. The minimum atomic E-state index is -0.0213. The van der Waals surface area contributed by atoms with E-state index in [-0.39, 0.29) is 18.8 Å². The molecular weight excluding hydrogens is 282 g/mol. The third kappa shape index (κ3) is 3.67. The van der Waals surface area contributed by atoms with E-state index in [1.807, 2.05) is 0 Å². The summed E-state index contributed by atoms with van der Waals surface area (Å²) in [5.74, 6) is 1.30. The van der Waals surface area contributed by atoms with Gasteiger partial charge in [0.05, 0.1) is 31.2 Å². The highest BCUT2D eigenvalue weighted by molar-refractivity contribution is 5.39. The lowest BCUT2D eigenvalue weighted by atomic mass is 9.92. The Morgan fingerprint density at radius 2 is 2.05 bits per heavy atom. The van der Waals surface area contributed by atoms with Gasteiger partial charge in [0.1, 0.15) is 6.61 Å². The Balaban J connectivity index is 1.71. The van der Waals surface area contributed by atoms with Crippen molar-refractivity contribution in [3.8, 4) is 5.88 Å². The summed E-state index contributed by atoms with van der Waals surface area (Å²) < 4.78 is 11.5. The Kier molecular flexibility index (Phi) is 5.10. The smallest absolute Gasteiger partial charge is 0.234 e. The first-order valence-corrected chi connectivity index (χ1v) is 8.26. The number of nitrogens with zero attached hydrogens (tertiary/aromatic N) is 3. The summed E-state index contributed by atoms with van der Waals surface area (Å²) in [4.78, 5) is 11.0. The van der Waals surface area contributed by atoms with Crippen LogP contribution in [0.15, 0.2) is 12.4 Å². The molecule has 0 radical (unpaired) electrons. The molecule has 6 nitrogen and oxygen atoms in total. The zero-order chi connectivity index (χ0) is 15.3. The van der Waals surface area contributed by atoms with Crippen molar-refractivity contribution in [2.45, 2.75) is 44.1 Å². The number of aromatic nitrogens is 2. The topological polar surface area (TPSA) is 67.7 Å². The SMILES string of the molecule is OCCOc1cncc(N2CCOC3(CCCCCC3)C2)n1. The highest BCUT2D eigenvalue weighted by Crippen LogP contribution is 2.34. The summed E-state index contributed by atoms with van der Waals surface area (Å²) in [6, 6.07) is 0. The molecule has 0 aromatic carbocycles. The van der Waals surface area contributed by atoms with Gasteiger partial charge < -0.3 is 19.5 Å². The molecule has 6 heteroatoms. The fourth-order valence-corrected chi connectivity index (χ4v) is 3.43. The van der Waals surface area contributed by atoms with Gasteiger partial charge in [-0.2, -0.15) is 4.98 Å². The predicted molar refractivity (Wildman–Crippen MR) is 83.2 cm³/mol. The molecule has 0 atom stereocenters. The molecule has 3 rings (SSSR count). The van der Waals surface area contributed by atoms with Crippen molar-refractivity contribution in [3.05, 3.63) is 12.4 Å². The van der Waals surface area contributed by atoms with Gasteiger partial charge in [0, 0.05) is 13.1 Å². The van der Waals surface area contributed by atoms with Gasteiger partial charge in [-0.1, -0.05) is 25.7 Å². The van der Waals surface area contributed by atoms with E-state index in [4.69, 9.17) is 14.6 Å². The fourth-order valence-electron chi connectivity index (χ4n) is 3.43. The van der Waals surface area contributed by atoms with Gasteiger partial charge in [-0.15, -0.1) is 0 Å². The van der Waals surface area contributed by atoms with E-state index in [0.29, 0.717) is 5.88 Å². The number of aliphatic hydroxyl groups is 1. The first-order chi connectivity index (χ1) is 10.8. The van der Waals surface area contributed by atoms with E-state index in [0.717, 1.165) is 38.4 Å². The largest absolute Gasteiger partial charge is 0.474 e. The fraction of sp³-hybridized carbons (Fsp3) is 0.750. The van der Waals surface area contributed by atoms with Crippen LogP contribution in [0.3, 0.4) is 0 Å². The van der Waals surface area contributed by atoms with Crippen LogP contribution in [-0.2, 0) is 4.74 Å². The van der Waals surface area contributed by atoms with Crippen molar-refractivity contribution >= 4 is 5.82 Å². The minimum Gasteiger partial charge on any atom is -0.474 e. The van der Waals surface area contributed by atoms with Gasteiger partial charge in [-0.3, -0.25) is 4.98 Å². The number of ether oxygens (including phenoxy) is 2. The molecule has 1 aromatic heterocycles. The summed E-state index contributed by atoms with van der Waals surface area (Å²) in [7, 11) is 0. The summed E-state index contributed by atoms with van der Waals surface area (Å²) in [6.07, 6.45) is 10.8. The van der Waals surface area contributed by atoms with Crippen molar-refractivity contribution in [2.24, 2.45) is 0 Å². The molecule has 1 saturated heterocycles. The molecule has 0 bridgehead atoms. The van der Waals surface area contributed by atoms with Crippen molar-refractivity contribution in [1.82, 2.24) is 9.97 Å². The number of aliphatic hydroxyl groups excluding tert-OH is 1. The minimum absolute atomic E-state index is 0.0155. The van der Waals surface area contributed by atoms with Gasteiger partial charge in [0.25, 0.3) is 0 Å². The number of hydrogen-bond acceptors (Lipinski definition) is 6. The molecule has 0 amide bonds. The monoisotopic (exact) mass is 307 g/mol. The van der Waals surface area contributed by atoms with Crippen molar-refractivity contribution in [2.75, 3.05) is 37.8 Å². The first-order valence-electron chi connectivity index (χ1n) is 8.26. The molecule has 2 fully saturated rings. The molecule has 1 saturated carbocycles. The van der Waals surface area contributed by atoms with Crippen LogP contribution >= 0.6 is 0 Å². The molecule has 1 spiro atoms. The van der Waals surface area contributed by atoms with Gasteiger partial charge in [0.15, 0.2) is 5.82 Å². The average Bonchev–Trinajstić information content (AvgIpc) is 2.79. The molecule has 1 aliphatic heterocycles. The number of hydrogen-bond donors (Lipinski definition) is 1. The maximum atomic E-state index is 8.84. The van der Waals surface area contributed by atoms with Crippen molar-refractivity contribution < 1.29 is 14.6 Å². The van der Waals surface area contributed by atoms with Gasteiger partial charge in [0.2, 0.25) is 5.88 Å². The zero-order valence-electron chi connectivity index (χ0n) is 13.0. The van der Waals surface area contributed by atoms with Crippen LogP contribution in [0.2, 0.25) is 0 Å². The molecule has 122 valence electrons. The highest BCUT2D eigenvalue weighted by Gasteiger charge is 2.37. The van der Waals surface area contributed by atoms with E-state index in [1.165, 1.54) is 25.7 Å². The second-order valence-corrected chi connectivity index (χ2v) is 6.15. The van der Waals surface area contributed by atoms with E-state index in [1.54, 1.807) is 12.4 Å².